The fourth-order valence-electron chi connectivity index (χ4n) is 4.42. The molecular weight excluding hydrogens is 504 g/mol. The lowest BCUT2D eigenvalue weighted by atomic mass is 9.99. The summed E-state index contributed by atoms with van der Waals surface area (Å²) in [4.78, 5) is 24.6. The van der Waals surface area contributed by atoms with Gasteiger partial charge in [0.2, 0.25) is 0 Å². The first kappa shape index (κ1) is 27.0. The van der Waals surface area contributed by atoms with Crippen molar-refractivity contribution in [1.29, 1.82) is 0 Å². The molecule has 6 aromatic rings. The summed E-state index contributed by atoms with van der Waals surface area (Å²) in [6.07, 6.45) is 0. The summed E-state index contributed by atoms with van der Waals surface area (Å²) in [6.45, 7) is 0. The molecule has 0 aliphatic heterocycles. The van der Waals surface area contributed by atoms with Crippen LogP contribution >= 0.6 is 0 Å². The maximum absolute atomic E-state index is 12.3. The summed E-state index contributed by atoms with van der Waals surface area (Å²) in [5.74, 6) is 0.327. The molecule has 0 amide bonds. The van der Waals surface area contributed by atoms with Crippen LogP contribution in [0.15, 0.2) is 164 Å². The van der Waals surface area contributed by atoms with E-state index in [0.29, 0.717) is 11.1 Å². The van der Waals surface area contributed by atoms with E-state index in [4.69, 9.17) is 0 Å². The quantitative estimate of drug-likeness (QED) is 0.218. The number of aromatic hydroxyl groups is 1. The van der Waals surface area contributed by atoms with E-state index in [1.165, 1.54) is 0 Å². The molecule has 0 aliphatic carbocycles. The van der Waals surface area contributed by atoms with Gasteiger partial charge in [0.15, 0.2) is 11.6 Å². The van der Waals surface area contributed by atoms with Crippen molar-refractivity contribution in [2.75, 3.05) is 0 Å². The Labute approximate surface area is 240 Å². The first-order valence-electron chi connectivity index (χ1n) is 13.3. The molecule has 198 valence electrons. The molecule has 0 aromatic heterocycles. The van der Waals surface area contributed by atoms with Crippen LogP contribution in [0.25, 0.3) is 22.3 Å². The highest BCUT2D eigenvalue weighted by molar-refractivity contribution is 6.09. The zero-order valence-corrected chi connectivity index (χ0v) is 22.4. The van der Waals surface area contributed by atoms with Crippen LogP contribution in [0.3, 0.4) is 0 Å². The van der Waals surface area contributed by atoms with E-state index >= 15 is 0 Å². The number of benzene rings is 6. The first-order valence-corrected chi connectivity index (χ1v) is 13.3. The minimum absolute atomic E-state index is 0.0212. The zero-order valence-electron chi connectivity index (χ0n) is 22.4. The molecule has 0 heterocycles. The van der Waals surface area contributed by atoms with Gasteiger partial charge < -0.3 is 5.11 Å². The van der Waals surface area contributed by atoms with Crippen molar-refractivity contribution in [3.63, 3.8) is 0 Å². The largest absolute Gasteiger partial charge is 0.508 e. The molecule has 3 nitrogen and oxygen atoms in total. The third-order valence-corrected chi connectivity index (χ3v) is 6.67. The molecule has 0 unspecified atom stereocenters. The van der Waals surface area contributed by atoms with Crippen LogP contribution in [-0.2, 0) is 0 Å². The van der Waals surface area contributed by atoms with E-state index in [-0.39, 0.29) is 17.3 Å². The molecule has 0 spiro atoms. The second-order valence-corrected chi connectivity index (χ2v) is 9.46. The minimum atomic E-state index is 0.0212. The second kappa shape index (κ2) is 13.0. The van der Waals surface area contributed by atoms with E-state index in [1.807, 2.05) is 140 Å². The van der Waals surface area contributed by atoms with Gasteiger partial charge in [-0.1, -0.05) is 152 Å². The molecular formula is C38H28O3. The molecule has 6 aromatic carbocycles. The molecule has 0 atom stereocenters. The fourth-order valence-corrected chi connectivity index (χ4v) is 4.42. The smallest absolute Gasteiger partial charge is 0.193 e. The Morgan fingerprint density at radius 1 is 0.317 bits per heavy atom. The summed E-state index contributed by atoms with van der Waals surface area (Å²) in [5, 5.41) is 9.30. The van der Waals surface area contributed by atoms with Crippen molar-refractivity contribution >= 4 is 11.6 Å². The summed E-state index contributed by atoms with van der Waals surface area (Å²) in [7, 11) is 0. The number of hydrogen-bond donors (Lipinski definition) is 1. The fraction of sp³-hybridized carbons (Fsp3) is 0. The van der Waals surface area contributed by atoms with Crippen molar-refractivity contribution < 1.29 is 14.7 Å². The molecule has 0 bridgehead atoms. The van der Waals surface area contributed by atoms with Gasteiger partial charge in [0.05, 0.1) is 0 Å². The Hall–Kier alpha value is -5.54. The average molecular weight is 533 g/mol. The van der Waals surface area contributed by atoms with E-state index in [9.17, 15) is 14.7 Å². The number of phenolic OH excluding ortho intramolecular Hbond substituents is 1. The van der Waals surface area contributed by atoms with Crippen LogP contribution < -0.4 is 0 Å². The monoisotopic (exact) mass is 532 g/mol. The van der Waals surface area contributed by atoms with Crippen LogP contribution in [-0.4, -0.2) is 16.7 Å². The molecule has 6 rings (SSSR count). The molecule has 0 fully saturated rings. The number of phenols is 1. The van der Waals surface area contributed by atoms with Crippen molar-refractivity contribution in [3.05, 3.63) is 186 Å². The standard InChI is InChI=1S/C19H14O2.C19H14O/c20-18-12-10-15(11-13-18)14-6-8-17(9-7-14)19(21)16-4-2-1-3-5-16;20-19(17-9-5-2-6-10-17)18-13-11-16(12-14-18)15-7-3-1-4-8-15/h1-13,20H;1-14H. The number of ketones is 2. The topological polar surface area (TPSA) is 54.4 Å². The molecule has 0 radical (unpaired) electrons. The van der Waals surface area contributed by atoms with Crippen molar-refractivity contribution in [2.24, 2.45) is 0 Å². The van der Waals surface area contributed by atoms with Gasteiger partial charge in [-0.25, -0.2) is 0 Å². The highest BCUT2D eigenvalue weighted by Crippen LogP contribution is 2.23. The number of rotatable bonds is 6. The van der Waals surface area contributed by atoms with E-state index in [1.54, 1.807) is 12.1 Å². The third-order valence-electron chi connectivity index (χ3n) is 6.67. The lowest BCUT2D eigenvalue weighted by molar-refractivity contribution is 0.103. The van der Waals surface area contributed by atoms with Gasteiger partial charge >= 0.3 is 0 Å². The van der Waals surface area contributed by atoms with Crippen molar-refractivity contribution in [2.45, 2.75) is 0 Å². The number of carbonyl (C=O) groups excluding carboxylic acids is 2. The lowest BCUT2D eigenvalue weighted by Crippen LogP contribution is -2.00. The molecule has 41 heavy (non-hydrogen) atoms. The summed E-state index contributed by atoms with van der Waals surface area (Å²) >= 11 is 0. The van der Waals surface area contributed by atoms with Crippen LogP contribution in [0.4, 0.5) is 0 Å². The van der Waals surface area contributed by atoms with E-state index < -0.39 is 0 Å². The lowest BCUT2D eigenvalue weighted by Gasteiger charge is -2.04. The molecule has 1 N–H and O–H groups in total. The van der Waals surface area contributed by atoms with Gasteiger partial charge in [-0.2, -0.15) is 0 Å². The average Bonchev–Trinajstić information content (AvgIpc) is 3.06. The predicted molar refractivity (Wildman–Crippen MR) is 165 cm³/mol. The van der Waals surface area contributed by atoms with Crippen LogP contribution in [0, 0.1) is 0 Å². The normalized spacial score (nSPS) is 10.2. The SMILES string of the molecule is O=C(c1ccccc1)c1ccc(-c2ccc(O)cc2)cc1.O=C(c1ccccc1)c1ccc(-c2ccccc2)cc1. The van der Waals surface area contributed by atoms with E-state index in [2.05, 4.69) is 12.1 Å². The first-order chi connectivity index (χ1) is 20.1. The molecule has 0 aliphatic rings. The van der Waals surface area contributed by atoms with Gasteiger partial charge in [0, 0.05) is 22.3 Å². The number of carbonyl (C=O) groups is 2. The summed E-state index contributed by atoms with van der Waals surface area (Å²) < 4.78 is 0. The Morgan fingerprint density at radius 2 is 0.585 bits per heavy atom. The highest BCUT2D eigenvalue weighted by Gasteiger charge is 2.09. The van der Waals surface area contributed by atoms with Gasteiger partial charge in [-0.3, -0.25) is 9.59 Å². The highest BCUT2D eigenvalue weighted by atomic mass is 16.3. The van der Waals surface area contributed by atoms with Crippen LogP contribution in [0.2, 0.25) is 0 Å². The third kappa shape index (κ3) is 6.92. The maximum atomic E-state index is 12.3. The van der Waals surface area contributed by atoms with Crippen LogP contribution in [0.1, 0.15) is 31.8 Å². The van der Waals surface area contributed by atoms with Gasteiger partial charge in [-0.05, 0) is 34.4 Å². The molecule has 3 heteroatoms. The Kier molecular flexibility index (Phi) is 8.58. The Morgan fingerprint density at radius 3 is 0.951 bits per heavy atom. The summed E-state index contributed by atoms with van der Waals surface area (Å²) in [5.41, 5.74) is 7.10. The molecule has 0 saturated carbocycles. The maximum Gasteiger partial charge on any atom is 0.193 e. The predicted octanol–water partition coefficient (Wildman–Crippen LogP) is 8.87. The Bertz CT molecular complexity index is 1710. The summed E-state index contributed by atoms with van der Waals surface area (Å²) in [6, 6.07) is 51.0. The van der Waals surface area contributed by atoms with E-state index in [0.717, 1.165) is 33.4 Å². The van der Waals surface area contributed by atoms with Crippen LogP contribution in [0.5, 0.6) is 5.75 Å². The van der Waals surface area contributed by atoms with Gasteiger partial charge in [0.25, 0.3) is 0 Å². The minimum Gasteiger partial charge on any atom is -0.508 e. The van der Waals surface area contributed by atoms with Gasteiger partial charge in [-0.15, -0.1) is 0 Å². The number of hydrogen-bond acceptors (Lipinski definition) is 3. The van der Waals surface area contributed by atoms with Crippen molar-refractivity contribution in [1.82, 2.24) is 0 Å². The van der Waals surface area contributed by atoms with Gasteiger partial charge in [0.1, 0.15) is 5.75 Å². The Balaban J connectivity index is 0.000000165. The van der Waals surface area contributed by atoms with Crippen molar-refractivity contribution in [3.8, 4) is 28.0 Å². The zero-order chi connectivity index (χ0) is 28.4. The second-order valence-electron chi connectivity index (χ2n) is 9.46. The molecule has 0 saturated heterocycles.